The Morgan fingerprint density at radius 2 is 1.88 bits per heavy atom. The zero-order valence-electron chi connectivity index (χ0n) is 15.2. The fourth-order valence-electron chi connectivity index (χ4n) is 2.59. The normalized spacial score (nSPS) is 12.0. The first-order valence-corrected chi connectivity index (χ1v) is 8.79. The third-order valence-electron chi connectivity index (χ3n) is 4.02. The van der Waals surface area contributed by atoms with Gasteiger partial charge in [0, 0.05) is 17.1 Å². The van der Waals surface area contributed by atoms with Gasteiger partial charge in [0.15, 0.2) is 11.5 Å². The molecule has 5 nitrogen and oxygen atoms in total. The lowest BCUT2D eigenvalue weighted by atomic mass is 10.0. The molecule has 2 aromatic carbocycles. The van der Waals surface area contributed by atoms with Crippen molar-refractivity contribution in [3.63, 3.8) is 0 Å². The minimum Gasteiger partial charge on any atom is -0.493 e. The molecule has 0 bridgehead atoms. The maximum absolute atomic E-state index is 11.4. The molecular weight excluding hydrogens is 354 g/mol. The summed E-state index contributed by atoms with van der Waals surface area (Å²) in [6, 6.07) is 12.4. The van der Waals surface area contributed by atoms with Crippen LogP contribution in [0.1, 0.15) is 25.0 Å². The number of ether oxygens (including phenoxy) is 2. The average molecular weight is 378 g/mol. The minimum atomic E-state index is -0.869. The van der Waals surface area contributed by atoms with Crippen LogP contribution < -0.4 is 14.8 Å². The highest BCUT2D eigenvalue weighted by atomic mass is 35.5. The Morgan fingerprint density at radius 1 is 1.19 bits per heavy atom. The van der Waals surface area contributed by atoms with Crippen molar-refractivity contribution in [2.24, 2.45) is 5.92 Å². The van der Waals surface area contributed by atoms with Crippen LogP contribution in [0, 0.1) is 5.92 Å². The Bertz CT molecular complexity index is 731. The standard InChI is InChI=1S/C20H24ClNO4/c1-13(2)18(20(23)24)22-11-15-5-4-6-17(25-3)19(15)26-12-14-7-9-16(21)10-8-14/h4-10,13,18,22H,11-12H2,1-3H3,(H,23,24). The number of nitrogens with one attached hydrogen (secondary N) is 1. The fraction of sp³-hybridized carbons (Fsp3) is 0.350. The van der Waals surface area contributed by atoms with E-state index in [-0.39, 0.29) is 5.92 Å². The van der Waals surface area contributed by atoms with E-state index in [1.165, 1.54) is 0 Å². The molecule has 6 heteroatoms. The van der Waals surface area contributed by atoms with E-state index in [2.05, 4.69) is 5.32 Å². The Hall–Kier alpha value is -2.24. The molecule has 2 rings (SSSR count). The maximum Gasteiger partial charge on any atom is 0.320 e. The topological polar surface area (TPSA) is 67.8 Å². The lowest BCUT2D eigenvalue weighted by molar-refractivity contribution is -0.140. The van der Waals surface area contributed by atoms with E-state index in [4.69, 9.17) is 21.1 Å². The summed E-state index contributed by atoms with van der Waals surface area (Å²) >= 11 is 5.91. The van der Waals surface area contributed by atoms with Crippen LogP contribution in [0.25, 0.3) is 0 Å². The molecule has 0 heterocycles. The second-order valence-corrected chi connectivity index (χ2v) is 6.74. The van der Waals surface area contributed by atoms with E-state index in [1.807, 2.05) is 56.3 Å². The molecule has 1 atom stereocenters. The van der Waals surface area contributed by atoms with Gasteiger partial charge in [0.2, 0.25) is 0 Å². The highest BCUT2D eigenvalue weighted by molar-refractivity contribution is 6.30. The lowest BCUT2D eigenvalue weighted by Crippen LogP contribution is -2.40. The molecule has 0 radical (unpaired) electrons. The fourth-order valence-corrected chi connectivity index (χ4v) is 2.72. The molecule has 2 aromatic rings. The molecule has 0 spiro atoms. The van der Waals surface area contributed by atoms with Crippen molar-refractivity contribution in [3.05, 3.63) is 58.6 Å². The molecule has 0 aliphatic carbocycles. The maximum atomic E-state index is 11.4. The van der Waals surface area contributed by atoms with Gasteiger partial charge in [-0.15, -0.1) is 0 Å². The molecule has 1 unspecified atom stereocenters. The van der Waals surface area contributed by atoms with Gasteiger partial charge in [0.1, 0.15) is 12.6 Å². The molecule has 0 aliphatic heterocycles. The predicted molar refractivity (Wildman–Crippen MR) is 102 cm³/mol. The molecule has 0 aliphatic rings. The Kier molecular flexibility index (Phi) is 7.30. The number of rotatable bonds is 9. The Balaban J connectivity index is 2.16. The summed E-state index contributed by atoms with van der Waals surface area (Å²) in [7, 11) is 1.58. The predicted octanol–water partition coefficient (Wildman–Crippen LogP) is 4.13. The van der Waals surface area contributed by atoms with Crippen molar-refractivity contribution in [1.82, 2.24) is 5.32 Å². The first-order chi connectivity index (χ1) is 12.4. The summed E-state index contributed by atoms with van der Waals surface area (Å²) in [4.78, 5) is 11.4. The zero-order chi connectivity index (χ0) is 19.1. The van der Waals surface area contributed by atoms with Crippen LogP contribution in [0.5, 0.6) is 11.5 Å². The van der Waals surface area contributed by atoms with Gasteiger partial charge in [-0.1, -0.05) is 49.7 Å². The largest absolute Gasteiger partial charge is 0.493 e. The van der Waals surface area contributed by atoms with Crippen molar-refractivity contribution in [1.29, 1.82) is 0 Å². The zero-order valence-corrected chi connectivity index (χ0v) is 15.9. The molecule has 0 fully saturated rings. The third kappa shape index (κ3) is 5.38. The number of carboxylic acids is 1. The van der Waals surface area contributed by atoms with Crippen molar-refractivity contribution >= 4 is 17.6 Å². The van der Waals surface area contributed by atoms with E-state index in [9.17, 15) is 9.90 Å². The molecule has 2 N–H and O–H groups in total. The highest BCUT2D eigenvalue weighted by Crippen LogP contribution is 2.32. The number of benzene rings is 2. The summed E-state index contributed by atoms with van der Waals surface area (Å²) in [6.07, 6.45) is 0. The van der Waals surface area contributed by atoms with Crippen molar-refractivity contribution < 1.29 is 19.4 Å². The smallest absolute Gasteiger partial charge is 0.320 e. The van der Waals surface area contributed by atoms with Crippen LogP contribution in [0.3, 0.4) is 0 Å². The third-order valence-corrected chi connectivity index (χ3v) is 4.27. The van der Waals surface area contributed by atoms with Crippen LogP contribution in [0.2, 0.25) is 5.02 Å². The number of hydrogen-bond donors (Lipinski definition) is 2. The van der Waals surface area contributed by atoms with Gasteiger partial charge >= 0.3 is 5.97 Å². The molecule has 0 aromatic heterocycles. The first kappa shape index (κ1) is 20.1. The van der Waals surface area contributed by atoms with Crippen LogP contribution >= 0.6 is 11.6 Å². The van der Waals surface area contributed by atoms with E-state index >= 15 is 0 Å². The summed E-state index contributed by atoms with van der Waals surface area (Å²) in [5, 5.41) is 13.1. The Morgan fingerprint density at radius 3 is 2.46 bits per heavy atom. The van der Waals surface area contributed by atoms with Gasteiger partial charge in [-0.2, -0.15) is 0 Å². The highest BCUT2D eigenvalue weighted by Gasteiger charge is 2.21. The van der Waals surface area contributed by atoms with Gasteiger partial charge in [-0.25, -0.2) is 0 Å². The molecular formula is C20H24ClNO4. The number of methoxy groups -OCH3 is 1. The molecule has 0 amide bonds. The lowest BCUT2D eigenvalue weighted by Gasteiger charge is -2.20. The second-order valence-electron chi connectivity index (χ2n) is 6.30. The summed E-state index contributed by atoms with van der Waals surface area (Å²) in [6.45, 7) is 4.46. The summed E-state index contributed by atoms with van der Waals surface area (Å²) in [5.41, 5.74) is 1.81. The molecule has 26 heavy (non-hydrogen) atoms. The van der Waals surface area contributed by atoms with E-state index < -0.39 is 12.0 Å². The van der Waals surface area contributed by atoms with Crippen molar-refractivity contribution in [3.8, 4) is 11.5 Å². The van der Waals surface area contributed by atoms with Gasteiger partial charge in [0.05, 0.1) is 7.11 Å². The number of halogens is 1. The van der Waals surface area contributed by atoms with E-state index in [0.717, 1.165) is 11.1 Å². The summed E-state index contributed by atoms with van der Waals surface area (Å²) in [5.74, 6) is 0.308. The van der Waals surface area contributed by atoms with Gasteiger partial charge < -0.3 is 14.6 Å². The number of para-hydroxylation sites is 1. The molecule has 140 valence electrons. The second kappa shape index (κ2) is 9.46. The minimum absolute atomic E-state index is 0.0310. The van der Waals surface area contributed by atoms with Crippen LogP contribution in [-0.2, 0) is 17.9 Å². The van der Waals surface area contributed by atoms with Crippen LogP contribution in [0.4, 0.5) is 0 Å². The average Bonchev–Trinajstić information content (AvgIpc) is 2.61. The monoisotopic (exact) mass is 377 g/mol. The van der Waals surface area contributed by atoms with Gasteiger partial charge in [-0.3, -0.25) is 10.1 Å². The van der Waals surface area contributed by atoms with E-state index in [1.54, 1.807) is 7.11 Å². The summed E-state index contributed by atoms with van der Waals surface area (Å²) < 4.78 is 11.4. The van der Waals surface area contributed by atoms with Crippen LogP contribution in [-0.4, -0.2) is 24.2 Å². The first-order valence-electron chi connectivity index (χ1n) is 8.41. The quantitative estimate of drug-likeness (QED) is 0.687. The Labute approximate surface area is 158 Å². The van der Waals surface area contributed by atoms with Gasteiger partial charge in [0.25, 0.3) is 0 Å². The number of hydrogen-bond acceptors (Lipinski definition) is 4. The van der Waals surface area contributed by atoms with Crippen LogP contribution in [0.15, 0.2) is 42.5 Å². The number of carboxylic acid groups (broad SMARTS) is 1. The number of carbonyl (C=O) groups is 1. The van der Waals surface area contributed by atoms with Crippen molar-refractivity contribution in [2.45, 2.75) is 33.0 Å². The number of aliphatic carboxylic acids is 1. The van der Waals surface area contributed by atoms with Crippen molar-refractivity contribution in [2.75, 3.05) is 7.11 Å². The SMILES string of the molecule is COc1cccc(CNC(C(=O)O)C(C)C)c1OCc1ccc(Cl)cc1. The van der Waals surface area contributed by atoms with Gasteiger partial charge in [-0.05, 0) is 29.7 Å². The molecule has 0 saturated carbocycles. The molecule has 0 saturated heterocycles. The van der Waals surface area contributed by atoms with E-state index in [0.29, 0.717) is 29.7 Å².